The van der Waals surface area contributed by atoms with Crippen LogP contribution in [0, 0.1) is 5.41 Å². The summed E-state index contributed by atoms with van der Waals surface area (Å²) in [4.78, 5) is 0. The topological polar surface area (TPSA) is 0 Å². The van der Waals surface area contributed by atoms with Crippen LogP contribution >= 0.6 is 25.5 Å². The van der Waals surface area contributed by atoms with Crippen molar-refractivity contribution in [1.29, 1.82) is 0 Å². The Morgan fingerprint density at radius 1 is 0.607 bits per heavy atom. The van der Waals surface area contributed by atoms with Crippen LogP contribution in [0.4, 0.5) is 0 Å². The van der Waals surface area contributed by atoms with Gasteiger partial charge in [-0.2, -0.15) is 0 Å². The Labute approximate surface area is 194 Å². The SMILES string of the molecule is CC(C)(C)C=[C]=[Rh][Cl].CC(C)P(C(C)C)C(C)C.CC(C)P(C(C)C)C(C)C. The van der Waals surface area contributed by atoms with Crippen LogP contribution in [0.25, 0.3) is 0 Å². The molecule has 0 amide bonds. The Hall–Kier alpha value is 1.42. The van der Waals surface area contributed by atoms with Crippen LogP contribution in [0.1, 0.15) is 104 Å². The minimum atomic E-state index is -0.00492. The summed E-state index contributed by atoms with van der Waals surface area (Å²) in [7, 11) is 5.96. The van der Waals surface area contributed by atoms with Crippen LogP contribution in [0.3, 0.4) is 0 Å². The molecule has 0 unspecified atom stereocenters. The van der Waals surface area contributed by atoms with Gasteiger partial charge in [0.25, 0.3) is 0 Å². The zero-order chi connectivity index (χ0) is 23.2. The van der Waals surface area contributed by atoms with Crippen LogP contribution in [0.2, 0.25) is 0 Å². The zero-order valence-electron chi connectivity index (χ0n) is 21.6. The van der Waals surface area contributed by atoms with Gasteiger partial charge in [0.15, 0.2) is 0 Å². The summed E-state index contributed by atoms with van der Waals surface area (Å²) >= 11 is -0.00492. The van der Waals surface area contributed by atoms with E-state index < -0.39 is 0 Å². The minimum absolute atomic E-state index is 0.00492. The zero-order valence-corrected chi connectivity index (χ0v) is 25.8. The van der Waals surface area contributed by atoms with Crippen LogP contribution < -0.4 is 0 Å². The number of allylic oxidation sites excluding steroid dienone is 1. The quantitative estimate of drug-likeness (QED) is 0.232. The van der Waals surface area contributed by atoms with Gasteiger partial charge in [-0.05, 0) is 34.0 Å². The van der Waals surface area contributed by atoms with Gasteiger partial charge in [0.05, 0.1) is 0 Å². The van der Waals surface area contributed by atoms with Gasteiger partial charge < -0.3 is 0 Å². The first-order valence-electron chi connectivity index (χ1n) is 10.8. The van der Waals surface area contributed by atoms with Gasteiger partial charge in [0.1, 0.15) is 0 Å². The summed E-state index contributed by atoms with van der Waals surface area (Å²) in [5, 5.41) is 0. The van der Waals surface area contributed by atoms with Gasteiger partial charge in [-0.25, -0.2) is 0 Å². The van der Waals surface area contributed by atoms with Crippen molar-refractivity contribution in [1.82, 2.24) is 0 Å². The molecule has 4 heteroatoms. The average molecular weight is 541 g/mol. The Balaban J connectivity index is -0.000000337. The summed E-state index contributed by atoms with van der Waals surface area (Å²) in [6, 6.07) is 0. The van der Waals surface area contributed by atoms with Crippen molar-refractivity contribution in [3.63, 3.8) is 0 Å². The Morgan fingerprint density at radius 3 is 0.857 bits per heavy atom. The molecule has 0 saturated carbocycles. The van der Waals surface area contributed by atoms with Crippen molar-refractivity contribution in [2.45, 2.75) is 138 Å². The monoisotopic (exact) mass is 540 g/mol. The van der Waals surface area contributed by atoms with E-state index in [2.05, 4.69) is 108 Å². The summed E-state index contributed by atoms with van der Waals surface area (Å²) < 4.78 is 3.00. The predicted octanol–water partition coefficient (Wildman–Crippen LogP) is 9.61. The maximum atomic E-state index is 5.44. The van der Waals surface area contributed by atoms with Gasteiger partial charge in [-0.15, -0.1) is 0 Å². The minimum Gasteiger partial charge on any atom is -0.0988 e. The average Bonchev–Trinajstić information content (AvgIpc) is 2.42. The van der Waals surface area contributed by atoms with E-state index in [-0.39, 0.29) is 36.9 Å². The molecule has 0 aliphatic carbocycles. The first-order valence-corrected chi connectivity index (χ1v) is 16.9. The molecule has 0 radical (unpaired) electrons. The van der Waals surface area contributed by atoms with E-state index in [9.17, 15) is 0 Å². The summed E-state index contributed by atoms with van der Waals surface area (Å²) in [6.45, 7) is 34.6. The maximum absolute atomic E-state index is 5.44. The van der Waals surface area contributed by atoms with Gasteiger partial charge >= 0.3 is 61.9 Å². The molecule has 0 heterocycles. The molecule has 28 heavy (non-hydrogen) atoms. The fourth-order valence-corrected chi connectivity index (χ4v) is 11.9. The normalized spacial score (nSPS) is 12.1. The Bertz CT molecular complexity index is 353. The van der Waals surface area contributed by atoms with Crippen molar-refractivity contribution in [3.05, 3.63) is 6.08 Å². The van der Waals surface area contributed by atoms with E-state index >= 15 is 0 Å². The molecule has 0 nitrogen and oxygen atoms in total. The summed E-state index contributed by atoms with van der Waals surface area (Å²) in [6.07, 6.45) is 2.02. The van der Waals surface area contributed by atoms with Gasteiger partial charge in [-0.1, -0.05) is 98.9 Å². The predicted molar refractivity (Wildman–Crippen MR) is 140 cm³/mol. The van der Waals surface area contributed by atoms with E-state index in [0.29, 0.717) is 0 Å². The van der Waals surface area contributed by atoms with E-state index in [1.807, 2.05) is 6.08 Å². The third kappa shape index (κ3) is 20.7. The van der Waals surface area contributed by atoms with Crippen molar-refractivity contribution >= 4 is 29.8 Å². The standard InChI is InChI=1S/2C9H21P.C6H10.ClH.Rh/c2*1-7(2)10(8(3)4)9(5)6;1-5-6(2,3)4;;/h2*7-9H,1-6H3;5H,2-4H3;1H;/q;;;;+1/p-1. The number of halogens is 1. The maximum Gasteiger partial charge on any atom is -0.0261 e. The van der Waals surface area contributed by atoms with Crippen molar-refractivity contribution < 1.29 is 15.7 Å². The molecule has 0 spiro atoms. The van der Waals surface area contributed by atoms with Gasteiger partial charge in [0, 0.05) is 0 Å². The first-order chi connectivity index (χ1) is 12.5. The van der Waals surface area contributed by atoms with Gasteiger partial charge in [-0.3, -0.25) is 0 Å². The second kappa shape index (κ2) is 18.0. The fraction of sp³-hybridized carbons (Fsp3) is 0.917. The molecule has 0 atom stereocenters. The van der Waals surface area contributed by atoms with E-state index in [0.717, 1.165) is 34.0 Å². The molecule has 0 aliphatic heterocycles. The third-order valence-electron chi connectivity index (χ3n) is 4.10. The molecule has 0 fully saturated rings. The number of hydrogen-bond acceptors (Lipinski definition) is 0. The molecule has 0 bridgehead atoms. The van der Waals surface area contributed by atoms with E-state index in [1.165, 1.54) is 0 Å². The summed E-state index contributed by atoms with van der Waals surface area (Å²) in [5.74, 6) is 0. The molecule has 0 rings (SSSR count). The third-order valence-corrected chi connectivity index (χ3v) is 12.1. The van der Waals surface area contributed by atoms with E-state index in [1.54, 1.807) is 0 Å². The smallest absolute Gasteiger partial charge is 0.0261 e. The van der Waals surface area contributed by atoms with Crippen LogP contribution in [-0.2, 0) is 15.7 Å². The molecule has 174 valence electrons. The molecule has 0 N–H and O–H groups in total. The molecule has 0 aliphatic rings. The van der Waals surface area contributed by atoms with Crippen molar-refractivity contribution in [2.24, 2.45) is 5.41 Å². The van der Waals surface area contributed by atoms with E-state index in [4.69, 9.17) is 9.69 Å². The van der Waals surface area contributed by atoms with Crippen molar-refractivity contribution in [2.75, 3.05) is 0 Å². The molecular formula is C24H52ClP2Rh. The second-order valence-corrected chi connectivity index (χ2v) is 19.6. The fourth-order valence-electron chi connectivity index (χ4n) is 3.74. The molecular weight excluding hydrogens is 489 g/mol. The molecule has 0 aromatic carbocycles. The molecule has 0 aromatic rings. The van der Waals surface area contributed by atoms with Crippen LogP contribution in [0.15, 0.2) is 6.08 Å². The van der Waals surface area contributed by atoms with Gasteiger partial charge in [0.2, 0.25) is 0 Å². The number of hydrogen-bond donors (Lipinski definition) is 0. The summed E-state index contributed by atoms with van der Waals surface area (Å²) in [5.41, 5.74) is 5.64. The molecule has 0 aromatic heterocycles. The molecule has 0 saturated heterocycles. The largest absolute Gasteiger partial charge is 0.0988 e. The Morgan fingerprint density at radius 2 is 0.821 bits per heavy atom. The Kier molecular flexibility index (Phi) is 21.9. The second-order valence-electron chi connectivity index (χ2n) is 10.1. The first kappa shape index (κ1) is 34.0. The van der Waals surface area contributed by atoms with Crippen LogP contribution in [0.5, 0.6) is 0 Å². The van der Waals surface area contributed by atoms with Crippen LogP contribution in [-0.4, -0.2) is 38.2 Å². The number of rotatable bonds is 6. The van der Waals surface area contributed by atoms with Crippen molar-refractivity contribution in [3.8, 4) is 0 Å².